The normalized spacial score (nSPS) is 10.6. The summed E-state index contributed by atoms with van der Waals surface area (Å²) >= 11 is 7.40. The molecule has 16 heavy (non-hydrogen) atoms. The minimum absolute atomic E-state index is 0.0871. The van der Waals surface area contributed by atoms with E-state index in [1.165, 1.54) is 0 Å². The van der Waals surface area contributed by atoms with Gasteiger partial charge in [0.05, 0.1) is 6.61 Å². The molecule has 88 valence electrons. The van der Waals surface area contributed by atoms with Crippen LogP contribution in [-0.4, -0.2) is 17.6 Å². The van der Waals surface area contributed by atoms with E-state index in [1.807, 2.05) is 0 Å². The molecule has 0 radical (unpaired) electrons. The summed E-state index contributed by atoms with van der Waals surface area (Å²) in [5.41, 5.74) is -0.818. The zero-order valence-electron chi connectivity index (χ0n) is 8.14. The van der Waals surface area contributed by atoms with Crippen LogP contribution in [-0.2, 0) is 4.74 Å². The Kier molecular flexibility index (Phi) is 4.85. The van der Waals surface area contributed by atoms with Crippen molar-refractivity contribution in [3.8, 4) is 0 Å². The topological polar surface area (TPSA) is 39.2 Å². The van der Waals surface area contributed by atoms with Crippen LogP contribution in [0.5, 0.6) is 0 Å². The lowest BCUT2D eigenvalue weighted by Gasteiger charge is -2.09. The Balaban J connectivity index is 3.29. The molecule has 0 aromatic carbocycles. The number of pyridine rings is 1. The molecule has 0 spiro atoms. The number of aromatic nitrogens is 1. The van der Waals surface area contributed by atoms with Gasteiger partial charge < -0.3 is 4.74 Å². The van der Waals surface area contributed by atoms with Gasteiger partial charge in [-0.05, 0) is 35.6 Å². The third kappa shape index (κ3) is 3.00. The van der Waals surface area contributed by atoms with Crippen molar-refractivity contribution < 1.29 is 18.3 Å². The zero-order chi connectivity index (χ0) is 12.3. The Morgan fingerprint density at radius 3 is 2.81 bits per heavy atom. The molecule has 0 atom stereocenters. The summed E-state index contributed by atoms with van der Waals surface area (Å²) in [7, 11) is 0. The number of hydrogen-bond acceptors (Lipinski definition) is 3. The van der Waals surface area contributed by atoms with E-state index in [9.17, 15) is 13.6 Å². The lowest BCUT2D eigenvalue weighted by atomic mass is 10.1. The van der Waals surface area contributed by atoms with E-state index < -0.39 is 18.0 Å². The molecule has 0 saturated carbocycles. The van der Waals surface area contributed by atoms with Crippen molar-refractivity contribution in [2.75, 3.05) is 6.61 Å². The first-order chi connectivity index (χ1) is 7.47. The Morgan fingerprint density at radius 2 is 2.31 bits per heavy atom. The average Bonchev–Trinajstić information content (AvgIpc) is 2.16. The van der Waals surface area contributed by atoms with Gasteiger partial charge in [0.15, 0.2) is 0 Å². The molecule has 1 aromatic rings. The highest BCUT2D eigenvalue weighted by Gasteiger charge is 2.24. The summed E-state index contributed by atoms with van der Waals surface area (Å²) in [6.45, 7) is 1.66. The van der Waals surface area contributed by atoms with Crippen molar-refractivity contribution in [1.29, 1.82) is 0 Å². The third-order valence-corrected chi connectivity index (χ3v) is 2.52. The fourth-order valence-electron chi connectivity index (χ4n) is 1.08. The molecular weight excluding hydrogens is 354 g/mol. The molecule has 0 aliphatic rings. The number of nitrogens with zero attached hydrogens (tertiary/aromatic N) is 1. The summed E-state index contributed by atoms with van der Waals surface area (Å²) in [6, 6.07) is 1.11. The maximum atomic E-state index is 12.7. The average molecular weight is 362 g/mol. The van der Waals surface area contributed by atoms with Gasteiger partial charge in [0.2, 0.25) is 0 Å². The Bertz CT molecular complexity index is 415. The van der Waals surface area contributed by atoms with E-state index in [1.54, 1.807) is 29.5 Å². The minimum atomic E-state index is -2.80. The monoisotopic (exact) mass is 361 g/mol. The van der Waals surface area contributed by atoms with Crippen LogP contribution in [0.1, 0.15) is 29.3 Å². The predicted octanol–water partition coefficient (Wildman–Crippen LogP) is 3.45. The molecule has 0 aliphatic carbocycles. The van der Waals surface area contributed by atoms with Crippen LogP contribution < -0.4 is 0 Å². The molecule has 0 bridgehead atoms. The van der Waals surface area contributed by atoms with Gasteiger partial charge in [0, 0.05) is 5.56 Å². The first kappa shape index (κ1) is 13.6. The Hall–Kier alpha value is -0.500. The summed E-state index contributed by atoms with van der Waals surface area (Å²) in [5, 5.41) is -0.263. The summed E-state index contributed by atoms with van der Waals surface area (Å²) in [5.74, 6) is -0.883. The fraction of sp³-hybridized carbons (Fsp3) is 0.333. The van der Waals surface area contributed by atoms with Gasteiger partial charge >= 0.3 is 5.97 Å². The van der Waals surface area contributed by atoms with Crippen molar-refractivity contribution in [3.63, 3.8) is 0 Å². The molecule has 1 heterocycles. The van der Waals surface area contributed by atoms with E-state index in [2.05, 4.69) is 9.72 Å². The molecule has 3 nitrogen and oxygen atoms in total. The number of carbonyl (C=O) groups is 1. The molecule has 0 saturated heterocycles. The molecule has 0 fully saturated rings. The van der Waals surface area contributed by atoms with Crippen LogP contribution in [0.15, 0.2) is 6.07 Å². The third-order valence-electron chi connectivity index (χ3n) is 1.69. The molecule has 0 unspecified atom stereocenters. The SMILES string of the molecule is CCOC(=O)c1c(C(F)F)cc(I)nc1Cl. The second-order valence-corrected chi connectivity index (χ2v) is 4.18. The molecule has 7 heteroatoms. The van der Waals surface area contributed by atoms with Crippen LogP contribution in [0, 0.1) is 3.70 Å². The fourth-order valence-corrected chi connectivity index (χ4v) is 2.08. The molecule has 0 aliphatic heterocycles. The highest BCUT2D eigenvalue weighted by atomic mass is 127. The maximum absolute atomic E-state index is 12.7. The van der Waals surface area contributed by atoms with E-state index in [0.717, 1.165) is 6.07 Å². The standard InChI is InChI=1S/C9H7ClF2INO2/c1-2-16-9(15)6-4(8(11)12)3-5(13)14-7(6)10/h3,8H,2H2,1H3. The molecular formula is C9H7ClF2INO2. The van der Waals surface area contributed by atoms with E-state index in [0.29, 0.717) is 3.70 Å². The van der Waals surface area contributed by atoms with Gasteiger partial charge in [-0.3, -0.25) is 0 Å². The summed E-state index contributed by atoms with van der Waals surface area (Å²) < 4.78 is 30.3. The van der Waals surface area contributed by atoms with Gasteiger partial charge in [0.25, 0.3) is 6.43 Å². The number of ether oxygens (including phenoxy) is 1. The minimum Gasteiger partial charge on any atom is -0.462 e. The molecule has 1 rings (SSSR count). The summed E-state index contributed by atoms with van der Waals surface area (Å²) in [4.78, 5) is 15.2. The van der Waals surface area contributed by atoms with Crippen LogP contribution in [0.4, 0.5) is 8.78 Å². The number of halogens is 4. The van der Waals surface area contributed by atoms with Crippen LogP contribution >= 0.6 is 34.2 Å². The van der Waals surface area contributed by atoms with Gasteiger partial charge in [-0.1, -0.05) is 11.6 Å². The lowest BCUT2D eigenvalue weighted by molar-refractivity contribution is 0.0515. The number of hydrogen-bond donors (Lipinski definition) is 0. The van der Waals surface area contributed by atoms with Crippen LogP contribution in [0.3, 0.4) is 0 Å². The van der Waals surface area contributed by atoms with Crippen molar-refractivity contribution in [2.45, 2.75) is 13.3 Å². The maximum Gasteiger partial charge on any atom is 0.341 e. The highest BCUT2D eigenvalue weighted by molar-refractivity contribution is 14.1. The smallest absolute Gasteiger partial charge is 0.341 e. The van der Waals surface area contributed by atoms with E-state index in [-0.39, 0.29) is 17.3 Å². The lowest BCUT2D eigenvalue weighted by Crippen LogP contribution is -2.11. The van der Waals surface area contributed by atoms with Crippen molar-refractivity contribution in [3.05, 3.63) is 26.0 Å². The second kappa shape index (κ2) is 5.72. The Labute approximate surface area is 109 Å². The van der Waals surface area contributed by atoms with Gasteiger partial charge in [0.1, 0.15) is 14.4 Å². The number of alkyl halides is 2. The van der Waals surface area contributed by atoms with Gasteiger partial charge in [-0.25, -0.2) is 18.6 Å². The van der Waals surface area contributed by atoms with Crippen molar-refractivity contribution in [2.24, 2.45) is 0 Å². The highest BCUT2D eigenvalue weighted by Crippen LogP contribution is 2.29. The first-order valence-corrected chi connectivity index (χ1v) is 5.74. The van der Waals surface area contributed by atoms with Crippen molar-refractivity contribution in [1.82, 2.24) is 4.98 Å². The molecule has 0 N–H and O–H groups in total. The summed E-state index contributed by atoms with van der Waals surface area (Å²) in [6.07, 6.45) is -2.80. The van der Waals surface area contributed by atoms with Crippen LogP contribution in [0.25, 0.3) is 0 Å². The van der Waals surface area contributed by atoms with Crippen LogP contribution in [0.2, 0.25) is 5.15 Å². The van der Waals surface area contributed by atoms with Crippen molar-refractivity contribution >= 4 is 40.2 Å². The van der Waals surface area contributed by atoms with Gasteiger partial charge in [-0.2, -0.15) is 0 Å². The zero-order valence-corrected chi connectivity index (χ0v) is 11.1. The second-order valence-electron chi connectivity index (χ2n) is 2.72. The van der Waals surface area contributed by atoms with E-state index >= 15 is 0 Å². The van der Waals surface area contributed by atoms with E-state index in [4.69, 9.17) is 11.6 Å². The number of carbonyl (C=O) groups excluding carboxylic acids is 1. The molecule has 0 amide bonds. The van der Waals surface area contributed by atoms with Gasteiger partial charge in [-0.15, -0.1) is 0 Å². The predicted molar refractivity (Wildman–Crippen MR) is 62.9 cm³/mol. The number of rotatable bonds is 3. The Morgan fingerprint density at radius 1 is 1.69 bits per heavy atom. The number of esters is 1. The quantitative estimate of drug-likeness (QED) is 0.470. The molecule has 1 aromatic heterocycles. The largest absolute Gasteiger partial charge is 0.462 e. The first-order valence-electron chi connectivity index (χ1n) is 4.28.